The molecule has 0 bridgehead atoms. The molecule has 1 unspecified atom stereocenters. The number of hydrogen-bond acceptors (Lipinski definition) is 4. The average Bonchev–Trinajstić information content (AvgIpc) is 2.39. The average molecular weight is 300 g/mol. The molecule has 1 saturated carbocycles. The zero-order chi connectivity index (χ0) is 15.7. The Labute approximate surface area is 131 Å². The molecule has 0 heterocycles. The van der Waals surface area contributed by atoms with Gasteiger partial charge in [0.05, 0.1) is 12.7 Å². The van der Waals surface area contributed by atoms with E-state index < -0.39 is 0 Å². The Kier molecular flexibility index (Phi) is 8.79. The minimum Gasteiger partial charge on any atom is -0.389 e. The summed E-state index contributed by atoms with van der Waals surface area (Å²) in [7, 11) is 3.76. The second-order valence-corrected chi connectivity index (χ2v) is 7.39. The van der Waals surface area contributed by atoms with Gasteiger partial charge in [-0.05, 0) is 37.8 Å². The number of aliphatic hydroxyl groups excluding tert-OH is 1. The molecule has 0 aliphatic heterocycles. The molecule has 0 saturated heterocycles. The van der Waals surface area contributed by atoms with Gasteiger partial charge in [-0.15, -0.1) is 0 Å². The van der Waals surface area contributed by atoms with E-state index in [9.17, 15) is 5.11 Å². The summed E-state index contributed by atoms with van der Waals surface area (Å²) >= 11 is 0. The topological polar surface area (TPSA) is 44.7 Å². The smallest absolute Gasteiger partial charge is 0.0899 e. The quantitative estimate of drug-likeness (QED) is 0.649. The fraction of sp³-hybridized carbons (Fsp3) is 1.00. The van der Waals surface area contributed by atoms with E-state index in [1.54, 1.807) is 7.11 Å². The molecule has 1 aliphatic rings. The number of nitrogens with zero attached hydrogens (tertiary/aromatic N) is 1. The van der Waals surface area contributed by atoms with Crippen molar-refractivity contribution in [2.45, 2.75) is 52.1 Å². The van der Waals surface area contributed by atoms with Crippen LogP contribution in [0, 0.1) is 11.3 Å². The van der Waals surface area contributed by atoms with Crippen LogP contribution in [-0.2, 0) is 4.74 Å². The summed E-state index contributed by atoms with van der Waals surface area (Å²) in [5, 5.41) is 13.6. The van der Waals surface area contributed by atoms with Gasteiger partial charge >= 0.3 is 0 Å². The molecule has 0 spiro atoms. The van der Waals surface area contributed by atoms with Crippen molar-refractivity contribution in [1.82, 2.24) is 10.2 Å². The van der Waals surface area contributed by atoms with Crippen molar-refractivity contribution in [3.63, 3.8) is 0 Å². The Morgan fingerprint density at radius 2 is 1.90 bits per heavy atom. The summed E-state index contributed by atoms with van der Waals surface area (Å²) in [4.78, 5) is 2.28. The van der Waals surface area contributed by atoms with E-state index in [2.05, 4.69) is 31.1 Å². The van der Waals surface area contributed by atoms with E-state index in [0.717, 1.165) is 19.6 Å². The summed E-state index contributed by atoms with van der Waals surface area (Å²) in [5.41, 5.74) is 0.384. The van der Waals surface area contributed by atoms with E-state index in [0.29, 0.717) is 24.5 Å². The van der Waals surface area contributed by atoms with Crippen LogP contribution in [0.5, 0.6) is 0 Å². The molecular formula is C17H36N2O2. The Morgan fingerprint density at radius 3 is 2.48 bits per heavy atom. The molecule has 1 aliphatic carbocycles. The van der Waals surface area contributed by atoms with Crippen LogP contribution in [-0.4, -0.2) is 63.1 Å². The number of ether oxygens (including phenoxy) is 1. The summed E-state index contributed by atoms with van der Waals surface area (Å²) in [6.07, 6.45) is 6.30. The lowest BCUT2D eigenvalue weighted by Gasteiger charge is -2.41. The van der Waals surface area contributed by atoms with E-state index in [1.807, 2.05) is 0 Å². The van der Waals surface area contributed by atoms with Crippen LogP contribution in [0.2, 0.25) is 0 Å². The predicted octanol–water partition coefficient (Wildman–Crippen LogP) is 2.12. The fourth-order valence-electron chi connectivity index (χ4n) is 3.56. The van der Waals surface area contributed by atoms with Crippen molar-refractivity contribution in [3.05, 3.63) is 0 Å². The van der Waals surface area contributed by atoms with E-state index in [4.69, 9.17) is 4.74 Å². The van der Waals surface area contributed by atoms with Gasteiger partial charge in [0.15, 0.2) is 0 Å². The molecule has 0 radical (unpaired) electrons. The third-order valence-corrected chi connectivity index (χ3v) is 4.45. The zero-order valence-corrected chi connectivity index (χ0v) is 14.5. The molecule has 0 aromatic carbocycles. The van der Waals surface area contributed by atoms with Gasteiger partial charge in [-0.2, -0.15) is 0 Å². The molecule has 0 aromatic heterocycles. The highest BCUT2D eigenvalue weighted by Crippen LogP contribution is 2.36. The molecule has 126 valence electrons. The Morgan fingerprint density at radius 1 is 1.24 bits per heavy atom. The van der Waals surface area contributed by atoms with Crippen LogP contribution in [0.3, 0.4) is 0 Å². The summed E-state index contributed by atoms with van der Waals surface area (Å²) in [5.74, 6) is 0.701. The lowest BCUT2D eigenvalue weighted by molar-refractivity contribution is 0.0276. The van der Waals surface area contributed by atoms with Crippen molar-refractivity contribution in [2.75, 3.05) is 46.9 Å². The number of rotatable bonds is 10. The molecule has 0 aromatic rings. The maximum absolute atomic E-state index is 9.90. The molecule has 21 heavy (non-hydrogen) atoms. The van der Waals surface area contributed by atoms with E-state index in [1.165, 1.54) is 32.1 Å². The van der Waals surface area contributed by atoms with Gasteiger partial charge in [-0.1, -0.05) is 33.1 Å². The highest BCUT2D eigenvalue weighted by atomic mass is 16.5. The summed E-state index contributed by atoms with van der Waals surface area (Å²) in [6, 6.07) is 0. The second kappa shape index (κ2) is 9.78. The molecular weight excluding hydrogens is 264 g/mol. The molecule has 1 atom stereocenters. The van der Waals surface area contributed by atoms with Crippen LogP contribution in [0.4, 0.5) is 0 Å². The van der Waals surface area contributed by atoms with Crippen molar-refractivity contribution in [1.29, 1.82) is 0 Å². The standard InChI is InChI=1S/C17H36N2O2/c1-15(2)10-18-13-17(8-6-5-7-9-17)14-19(3)11-16(20)12-21-4/h15-16,18,20H,5-14H2,1-4H3. The van der Waals surface area contributed by atoms with Crippen molar-refractivity contribution < 1.29 is 9.84 Å². The normalized spacial score (nSPS) is 20.1. The first-order valence-corrected chi connectivity index (χ1v) is 8.54. The third kappa shape index (κ3) is 7.59. The van der Waals surface area contributed by atoms with Crippen LogP contribution in [0.15, 0.2) is 0 Å². The van der Waals surface area contributed by atoms with Crippen LogP contribution in [0.1, 0.15) is 46.0 Å². The molecule has 4 heteroatoms. The van der Waals surface area contributed by atoms with Gasteiger partial charge in [-0.25, -0.2) is 0 Å². The van der Waals surface area contributed by atoms with Gasteiger partial charge in [-0.3, -0.25) is 0 Å². The number of aliphatic hydroxyl groups is 1. The van der Waals surface area contributed by atoms with Gasteiger partial charge in [0, 0.05) is 26.7 Å². The first-order chi connectivity index (χ1) is 9.97. The number of likely N-dealkylation sites (N-methyl/N-ethyl adjacent to an activating group) is 1. The predicted molar refractivity (Wildman–Crippen MR) is 88.6 cm³/mol. The SMILES string of the molecule is COCC(O)CN(C)CC1(CNCC(C)C)CCCCC1. The van der Waals surface area contributed by atoms with Gasteiger partial charge in [0.1, 0.15) is 0 Å². The highest BCUT2D eigenvalue weighted by molar-refractivity contribution is 4.87. The lowest BCUT2D eigenvalue weighted by Crippen LogP contribution is -2.46. The minimum absolute atomic E-state index is 0.384. The van der Waals surface area contributed by atoms with Crippen molar-refractivity contribution in [3.8, 4) is 0 Å². The van der Waals surface area contributed by atoms with Crippen LogP contribution in [0.25, 0.3) is 0 Å². The molecule has 0 amide bonds. The van der Waals surface area contributed by atoms with E-state index >= 15 is 0 Å². The third-order valence-electron chi connectivity index (χ3n) is 4.45. The highest BCUT2D eigenvalue weighted by Gasteiger charge is 2.33. The monoisotopic (exact) mass is 300 g/mol. The van der Waals surface area contributed by atoms with Gasteiger partial charge < -0.3 is 20.1 Å². The van der Waals surface area contributed by atoms with Gasteiger partial charge in [0.2, 0.25) is 0 Å². The second-order valence-electron chi connectivity index (χ2n) is 7.39. The minimum atomic E-state index is -0.385. The van der Waals surface area contributed by atoms with Crippen LogP contribution >= 0.6 is 0 Å². The lowest BCUT2D eigenvalue weighted by atomic mass is 9.73. The molecule has 1 fully saturated rings. The first-order valence-electron chi connectivity index (χ1n) is 8.54. The Balaban J connectivity index is 2.48. The van der Waals surface area contributed by atoms with Gasteiger partial charge in [0.25, 0.3) is 0 Å². The number of methoxy groups -OCH3 is 1. The molecule has 1 rings (SSSR count). The Bertz CT molecular complexity index is 266. The summed E-state index contributed by atoms with van der Waals surface area (Å²) < 4.78 is 5.02. The molecule has 4 nitrogen and oxygen atoms in total. The number of hydrogen-bond donors (Lipinski definition) is 2. The molecule has 2 N–H and O–H groups in total. The van der Waals surface area contributed by atoms with E-state index in [-0.39, 0.29) is 6.10 Å². The first kappa shape index (κ1) is 18.9. The summed E-state index contributed by atoms with van der Waals surface area (Å²) in [6.45, 7) is 8.90. The fourth-order valence-corrected chi connectivity index (χ4v) is 3.56. The number of nitrogens with one attached hydrogen (secondary N) is 1. The maximum Gasteiger partial charge on any atom is 0.0899 e. The van der Waals surface area contributed by atoms with Crippen molar-refractivity contribution in [2.24, 2.45) is 11.3 Å². The van der Waals surface area contributed by atoms with Crippen molar-refractivity contribution >= 4 is 0 Å². The Hall–Kier alpha value is -0.160. The largest absolute Gasteiger partial charge is 0.389 e. The van der Waals surface area contributed by atoms with Crippen LogP contribution < -0.4 is 5.32 Å². The maximum atomic E-state index is 9.90. The zero-order valence-electron chi connectivity index (χ0n) is 14.5.